The van der Waals surface area contributed by atoms with E-state index in [1.807, 2.05) is 5.38 Å². The van der Waals surface area contributed by atoms with Gasteiger partial charge in [-0.05, 0) is 17.9 Å². The van der Waals surface area contributed by atoms with Crippen molar-refractivity contribution in [2.75, 3.05) is 6.67 Å². The van der Waals surface area contributed by atoms with Crippen LogP contribution >= 0.6 is 35.3 Å². The molecule has 70 valence electrons. The predicted molar refractivity (Wildman–Crippen MR) is 54.1 cm³/mol. The van der Waals surface area contributed by atoms with Crippen LogP contribution in [0.1, 0.15) is 17.3 Å². The molecule has 0 unspecified atom stereocenters. The second-order valence-corrected chi connectivity index (χ2v) is 3.57. The van der Waals surface area contributed by atoms with Crippen molar-refractivity contribution in [3.05, 3.63) is 21.3 Å². The van der Waals surface area contributed by atoms with Gasteiger partial charge < -0.3 is 5.73 Å². The van der Waals surface area contributed by atoms with Crippen molar-refractivity contribution in [3.63, 3.8) is 0 Å². The number of thiophene rings is 1. The summed E-state index contributed by atoms with van der Waals surface area (Å²) in [6.45, 7) is -0.393. The molecule has 1 aromatic heterocycles. The highest BCUT2D eigenvalue weighted by Gasteiger charge is 2.10. The van der Waals surface area contributed by atoms with Crippen LogP contribution in [0.25, 0.3) is 0 Å². The number of hydrogen-bond donors (Lipinski definition) is 1. The monoisotopic (exact) mass is 229 g/mol. The molecule has 0 fully saturated rings. The molecule has 12 heavy (non-hydrogen) atoms. The zero-order valence-electron chi connectivity index (χ0n) is 6.30. The van der Waals surface area contributed by atoms with Gasteiger partial charge in [-0.25, -0.2) is 0 Å². The highest BCUT2D eigenvalue weighted by atomic mass is 35.5. The van der Waals surface area contributed by atoms with E-state index in [0.29, 0.717) is 11.4 Å². The summed E-state index contributed by atoms with van der Waals surface area (Å²) >= 11 is 7.25. The maximum absolute atomic E-state index is 11.8. The average Bonchev–Trinajstić information content (AvgIpc) is 2.36. The SMILES string of the molecule is Cl.N[C@H](CCF)c1sccc1Cl. The molecule has 0 amide bonds. The molecule has 0 saturated heterocycles. The van der Waals surface area contributed by atoms with E-state index in [2.05, 4.69) is 0 Å². The van der Waals surface area contributed by atoms with Gasteiger partial charge in [-0.15, -0.1) is 23.7 Å². The fourth-order valence-corrected chi connectivity index (χ4v) is 2.05. The molecular weight excluding hydrogens is 220 g/mol. The maximum Gasteiger partial charge on any atom is 0.0912 e. The topological polar surface area (TPSA) is 26.0 Å². The lowest BCUT2D eigenvalue weighted by Gasteiger charge is -2.06. The molecule has 1 nitrogen and oxygen atoms in total. The van der Waals surface area contributed by atoms with Gasteiger partial charge in [-0.1, -0.05) is 11.6 Å². The van der Waals surface area contributed by atoms with Crippen LogP contribution in [-0.4, -0.2) is 6.67 Å². The third-order valence-corrected chi connectivity index (χ3v) is 2.89. The summed E-state index contributed by atoms with van der Waals surface area (Å²) in [6.07, 6.45) is 0.347. The Kier molecular flexibility index (Phi) is 5.84. The van der Waals surface area contributed by atoms with Crippen LogP contribution in [-0.2, 0) is 0 Å². The highest BCUT2D eigenvalue weighted by Crippen LogP contribution is 2.28. The minimum Gasteiger partial charge on any atom is -0.323 e. The number of nitrogens with two attached hydrogens (primary N) is 1. The fraction of sp³-hybridized carbons (Fsp3) is 0.429. The van der Waals surface area contributed by atoms with Crippen LogP contribution in [0.3, 0.4) is 0 Å². The Morgan fingerprint density at radius 2 is 2.33 bits per heavy atom. The molecule has 0 aromatic carbocycles. The minimum absolute atomic E-state index is 0. The maximum atomic E-state index is 11.8. The van der Waals surface area contributed by atoms with E-state index in [9.17, 15) is 4.39 Å². The Morgan fingerprint density at radius 3 is 2.75 bits per heavy atom. The van der Waals surface area contributed by atoms with Gasteiger partial charge in [0.15, 0.2) is 0 Å². The Morgan fingerprint density at radius 1 is 1.67 bits per heavy atom. The van der Waals surface area contributed by atoms with Gasteiger partial charge in [0.2, 0.25) is 0 Å². The van der Waals surface area contributed by atoms with Crippen LogP contribution in [0.2, 0.25) is 5.02 Å². The first-order chi connectivity index (χ1) is 5.25. The lowest BCUT2D eigenvalue weighted by Crippen LogP contribution is -2.09. The van der Waals surface area contributed by atoms with Crippen molar-refractivity contribution >= 4 is 35.3 Å². The summed E-state index contributed by atoms with van der Waals surface area (Å²) in [7, 11) is 0. The van der Waals surface area contributed by atoms with E-state index in [1.165, 1.54) is 11.3 Å². The molecule has 0 bridgehead atoms. The Bertz CT molecular complexity index is 229. The van der Waals surface area contributed by atoms with Crippen molar-refractivity contribution in [2.45, 2.75) is 12.5 Å². The smallest absolute Gasteiger partial charge is 0.0912 e. The summed E-state index contributed by atoms with van der Waals surface area (Å²) in [5.74, 6) is 0. The first-order valence-electron chi connectivity index (χ1n) is 3.30. The average molecular weight is 230 g/mol. The third kappa shape index (κ3) is 2.90. The number of halogens is 3. The van der Waals surface area contributed by atoms with Crippen molar-refractivity contribution in [2.24, 2.45) is 5.73 Å². The molecule has 1 heterocycles. The Hall–Kier alpha value is 0.170. The normalized spacial score (nSPS) is 12.2. The van der Waals surface area contributed by atoms with Gasteiger partial charge in [0.25, 0.3) is 0 Å². The molecule has 0 aliphatic heterocycles. The lowest BCUT2D eigenvalue weighted by molar-refractivity contribution is 0.444. The molecular formula is C7H10Cl2FNS. The van der Waals surface area contributed by atoms with Crippen LogP contribution < -0.4 is 5.73 Å². The standard InChI is InChI=1S/C7H9ClFNS.ClH/c8-5-2-4-11-7(5)6(10)1-3-9;/h2,4,6H,1,3,10H2;1H/t6-;/m1./s1. The Balaban J connectivity index is 0.00000121. The second kappa shape index (κ2) is 5.75. The molecule has 1 atom stereocenters. The molecule has 0 aliphatic carbocycles. The van der Waals surface area contributed by atoms with Crippen molar-refractivity contribution in [1.82, 2.24) is 0 Å². The zero-order chi connectivity index (χ0) is 8.27. The summed E-state index contributed by atoms with van der Waals surface area (Å²) in [5, 5.41) is 2.51. The Labute approximate surface area is 86.1 Å². The minimum atomic E-state index is -0.393. The summed E-state index contributed by atoms with van der Waals surface area (Å²) in [6, 6.07) is 1.53. The molecule has 0 saturated carbocycles. The largest absolute Gasteiger partial charge is 0.323 e. The van der Waals surface area contributed by atoms with Gasteiger partial charge >= 0.3 is 0 Å². The molecule has 1 rings (SSSR count). The van der Waals surface area contributed by atoms with E-state index in [4.69, 9.17) is 17.3 Å². The van der Waals surface area contributed by atoms with Gasteiger partial charge in [0.1, 0.15) is 0 Å². The quantitative estimate of drug-likeness (QED) is 0.847. The summed E-state index contributed by atoms with van der Waals surface area (Å²) in [5.41, 5.74) is 5.64. The van der Waals surface area contributed by atoms with Crippen LogP contribution in [0, 0.1) is 0 Å². The highest BCUT2D eigenvalue weighted by molar-refractivity contribution is 7.10. The first kappa shape index (κ1) is 12.2. The third-order valence-electron chi connectivity index (χ3n) is 1.40. The summed E-state index contributed by atoms with van der Waals surface area (Å²) < 4.78 is 11.8. The van der Waals surface area contributed by atoms with E-state index in [0.717, 1.165) is 4.88 Å². The fourth-order valence-electron chi connectivity index (χ4n) is 0.819. The number of rotatable bonds is 3. The molecule has 1 aromatic rings. The van der Waals surface area contributed by atoms with E-state index < -0.39 is 6.67 Å². The number of alkyl halides is 1. The van der Waals surface area contributed by atoms with Gasteiger partial charge in [-0.3, -0.25) is 4.39 Å². The van der Waals surface area contributed by atoms with Crippen molar-refractivity contribution in [1.29, 1.82) is 0 Å². The second-order valence-electron chi connectivity index (χ2n) is 2.22. The zero-order valence-corrected chi connectivity index (χ0v) is 8.68. The van der Waals surface area contributed by atoms with Crippen LogP contribution in [0.15, 0.2) is 11.4 Å². The number of hydrogen-bond acceptors (Lipinski definition) is 2. The lowest BCUT2D eigenvalue weighted by atomic mass is 10.2. The molecule has 0 radical (unpaired) electrons. The predicted octanol–water partition coefficient (Wildman–Crippen LogP) is 3.18. The van der Waals surface area contributed by atoms with E-state index in [1.54, 1.807) is 6.07 Å². The van der Waals surface area contributed by atoms with Gasteiger partial charge in [0.05, 0.1) is 11.7 Å². The van der Waals surface area contributed by atoms with Crippen molar-refractivity contribution in [3.8, 4) is 0 Å². The molecule has 2 N–H and O–H groups in total. The summed E-state index contributed by atoms with van der Waals surface area (Å²) in [4.78, 5) is 0.879. The van der Waals surface area contributed by atoms with Gasteiger partial charge in [-0.2, -0.15) is 0 Å². The van der Waals surface area contributed by atoms with E-state index in [-0.39, 0.29) is 18.4 Å². The molecule has 0 spiro atoms. The first-order valence-corrected chi connectivity index (χ1v) is 4.56. The molecule has 0 aliphatic rings. The van der Waals surface area contributed by atoms with Crippen LogP contribution in [0.5, 0.6) is 0 Å². The van der Waals surface area contributed by atoms with E-state index >= 15 is 0 Å². The van der Waals surface area contributed by atoms with Crippen LogP contribution in [0.4, 0.5) is 4.39 Å². The van der Waals surface area contributed by atoms with Crippen molar-refractivity contribution < 1.29 is 4.39 Å². The van der Waals surface area contributed by atoms with Gasteiger partial charge in [0, 0.05) is 10.9 Å². The molecule has 5 heteroatoms.